The Kier molecular flexibility index (Phi) is 3.21. The van der Waals surface area contributed by atoms with E-state index in [-0.39, 0.29) is 5.95 Å². The SMILES string of the molecule is Cc1ncsc1CNc1cc(Cl)nc(N)n1. The summed E-state index contributed by atoms with van der Waals surface area (Å²) in [6, 6.07) is 1.63. The van der Waals surface area contributed by atoms with Crippen molar-refractivity contribution in [1.29, 1.82) is 0 Å². The molecule has 84 valence electrons. The third-order valence-electron chi connectivity index (χ3n) is 1.99. The van der Waals surface area contributed by atoms with Crippen molar-refractivity contribution >= 4 is 34.7 Å². The van der Waals surface area contributed by atoms with Crippen LogP contribution in [0.2, 0.25) is 5.15 Å². The molecule has 0 aliphatic rings. The highest BCUT2D eigenvalue weighted by Crippen LogP contribution is 2.16. The van der Waals surface area contributed by atoms with Crippen LogP contribution in [0, 0.1) is 6.92 Å². The molecule has 0 aliphatic carbocycles. The van der Waals surface area contributed by atoms with Gasteiger partial charge in [0.25, 0.3) is 0 Å². The van der Waals surface area contributed by atoms with Gasteiger partial charge >= 0.3 is 0 Å². The van der Waals surface area contributed by atoms with Crippen LogP contribution in [0.15, 0.2) is 11.6 Å². The molecule has 0 saturated carbocycles. The van der Waals surface area contributed by atoms with Crippen molar-refractivity contribution in [2.24, 2.45) is 0 Å². The second-order valence-corrected chi connectivity index (χ2v) is 4.48. The van der Waals surface area contributed by atoms with Crippen molar-refractivity contribution in [3.8, 4) is 0 Å². The Hall–Kier alpha value is -1.40. The molecule has 0 atom stereocenters. The van der Waals surface area contributed by atoms with E-state index in [1.54, 1.807) is 17.4 Å². The second kappa shape index (κ2) is 4.63. The summed E-state index contributed by atoms with van der Waals surface area (Å²) < 4.78 is 0. The number of aryl methyl sites for hydroxylation is 1. The van der Waals surface area contributed by atoms with Gasteiger partial charge in [-0.25, -0.2) is 9.97 Å². The minimum absolute atomic E-state index is 0.163. The van der Waals surface area contributed by atoms with Gasteiger partial charge in [0.2, 0.25) is 5.95 Å². The molecule has 7 heteroatoms. The van der Waals surface area contributed by atoms with Gasteiger partial charge in [-0.3, -0.25) is 0 Å². The van der Waals surface area contributed by atoms with E-state index in [0.717, 1.165) is 10.6 Å². The van der Waals surface area contributed by atoms with Crippen molar-refractivity contribution < 1.29 is 0 Å². The molecule has 16 heavy (non-hydrogen) atoms. The maximum atomic E-state index is 5.76. The first kappa shape index (κ1) is 11.1. The molecule has 0 amide bonds. The molecule has 2 aromatic rings. The molecule has 3 N–H and O–H groups in total. The highest BCUT2D eigenvalue weighted by atomic mass is 35.5. The van der Waals surface area contributed by atoms with E-state index in [4.69, 9.17) is 17.3 Å². The van der Waals surface area contributed by atoms with Crippen molar-refractivity contribution in [3.63, 3.8) is 0 Å². The molecule has 0 fully saturated rings. The van der Waals surface area contributed by atoms with E-state index in [1.807, 2.05) is 12.4 Å². The molecular weight excluding hydrogens is 246 g/mol. The van der Waals surface area contributed by atoms with Crippen LogP contribution in [-0.4, -0.2) is 15.0 Å². The van der Waals surface area contributed by atoms with Gasteiger partial charge < -0.3 is 11.1 Å². The summed E-state index contributed by atoms with van der Waals surface area (Å²) in [4.78, 5) is 13.1. The summed E-state index contributed by atoms with van der Waals surface area (Å²) in [6.45, 7) is 2.62. The zero-order valence-corrected chi connectivity index (χ0v) is 10.1. The monoisotopic (exact) mass is 255 g/mol. The summed E-state index contributed by atoms with van der Waals surface area (Å²) in [5, 5.41) is 3.45. The molecule has 0 unspecified atom stereocenters. The van der Waals surface area contributed by atoms with Gasteiger partial charge in [0.1, 0.15) is 11.0 Å². The first-order valence-corrected chi connectivity index (χ1v) is 5.84. The molecule has 0 saturated heterocycles. The van der Waals surface area contributed by atoms with Crippen LogP contribution in [-0.2, 0) is 6.54 Å². The molecule has 2 heterocycles. The average molecular weight is 256 g/mol. The van der Waals surface area contributed by atoms with E-state index in [9.17, 15) is 0 Å². The molecular formula is C9H10ClN5S. The fourth-order valence-electron chi connectivity index (χ4n) is 1.19. The minimum Gasteiger partial charge on any atom is -0.368 e. The number of nitrogen functional groups attached to an aromatic ring is 1. The highest BCUT2D eigenvalue weighted by molar-refractivity contribution is 7.09. The number of aromatic nitrogens is 3. The Bertz CT molecular complexity index is 478. The third kappa shape index (κ3) is 2.59. The summed E-state index contributed by atoms with van der Waals surface area (Å²) in [5.41, 5.74) is 8.31. The first-order chi connectivity index (χ1) is 7.65. The number of nitrogens with one attached hydrogen (secondary N) is 1. The van der Waals surface area contributed by atoms with E-state index in [0.29, 0.717) is 17.5 Å². The summed E-state index contributed by atoms with van der Waals surface area (Å²) in [5.74, 6) is 0.779. The first-order valence-electron chi connectivity index (χ1n) is 4.58. The third-order valence-corrected chi connectivity index (χ3v) is 3.12. The van der Waals surface area contributed by atoms with Gasteiger partial charge in [0.15, 0.2) is 0 Å². The van der Waals surface area contributed by atoms with Crippen LogP contribution >= 0.6 is 22.9 Å². The predicted octanol–water partition coefficient (Wildman–Crippen LogP) is 2.09. The molecule has 0 spiro atoms. The Morgan fingerprint density at radius 3 is 2.94 bits per heavy atom. The molecule has 2 aromatic heterocycles. The molecule has 0 bridgehead atoms. The lowest BCUT2D eigenvalue weighted by atomic mass is 10.4. The van der Waals surface area contributed by atoms with E-state index >= 15 is 0 Å². The highest BCUT2D eigenvalue weighted by Gasteiger charge is 2.03. The standard InChI is InChI=1S/C9H10ClN5S/c1-5-6(16-4-13-5)3-12-8-2-7(10)14-9(11)15-8/h2,4H,3H2,1H3,(H3,11,12,14,15). The quantitative estimate of drug-likeness (QED) is 0.822. The summed E-state index contributed by atoms with van der Waals surface area (Å²) >= 11 is 7.36. The maximum Gasteiger partial charge on any atom is 0.223 e. The number of halogens is 1. The Morgan fingerprint density at radius 1 is 1.50 bits per heavy atom. The molecule has 2 rings (SSSR count). The molecule has 0 radical (unpaired) electrons. The summed E-state index contributed by atoms with van der Waals surface area (Å²) in [6.07, 6.45) is 0. The smallest absolute Gasteiger partial charge is 0.223 e. The maximum absolute atomic E-state index is 5.76. The van der Waals surface area contributed by atoms with Crippen LogP contribution in [0.5, 0.6) is 0 Å². The van der Waals surface area contributed by atoms with Crippen molar-refractivity contribution in [2.45, 2.75) is 13.5 Å². The summed E-state index contributed by atoms with van der Waals surface area (Å²) in [7, 11) is 0. The molecule has 0 aromatic carbocycles. The number of nitrogens with zero attached hydrogens (tertiary/aromatic N) is 3. The van der Waals surface area contributed by atoms with Crippen LogP contribution in [0.25, 0.3) is 0 Å². The van der Waals surface area contributed by atoms with E-state index in [2.05, 4.69) is 20.3 Å². The number of anilines is 2. The molecule has 5 nitrogen and oxygen atoms in total. The van der Waals surface area contributed by atoms with Gasteiger partial charge in [-0.05, 0) is 6.92 Å². The van der Waals surface area contributed by atoms with E-state index in [1.165, 1.54) is 0 Å². The van der Waals surface area contributed by atoms with Crippen LogP contribution in [0.3, 0.4) is 0 Å². The Morgan fingerprint density at radius 2 is 2.31 bits per heavy atom. The van der Waals surface area contributed by atoms with Crippen LogP contribution in [0.1, 0.15) is 10.6 Å². The number of hydrogen-bond acceptors (Lipinski definition) is 6. The van der Waals surface area contributed by atoms with Gasteiger partial charge in [-0.1, -0.05) is 11.6 Å². The van der Waals surface area contributed by atoms with Crippen molar-refractivity contribution in [1.82, 2.24) is 15.0 Å². The molecule has 0 aliphatic heterocycles. The lowest BCUT2D eigenvalue weighted by molar-refractivity contribution is 1.08. The van der Waals surface area contributed by atoms with E-state index < -0.39 is 0 Å². The van der Waals surface area contributed by atoms with Crippen LogP contribution < -0.4 is 11.1 Å². The number of rotatable bonds is 3. The predicted molar refractivity (Wildman–Crippen MR) is 65.6 cm³/mol. The zero-order chi connectivity index (χ0) is 11.5. The topological polar surface area (TPSA) is 76.7 Å². The lowest BCUT2D eigenvalue weighted by Crippen LogP contribution is -2.04. The van der Waals surface area contributed by atoms with Gasteiger partial charge in [0, 0.05) is 10.9 Å². The number of nitrogens with two attached hydrogens (primary N) is 1. The van der Waals surface area contributed by atoms with Crippen molar-refractivity contribution in [3.05, 3.63) is 27.3 Å². The normalized spacial score (nSPS) is 10.4. The van der Waals surface area contributed by atoms with Crippen LogP contribution in [0.4, 0.5) is 11.8 Å². The minimum atomic E-state index is 0.163. The Balaban J connectivity index is 2.07. The number of hydrogen-bond donors (Lipinski definition) is 2. The fraction of sp³-hybridized carbons (Fsp3) is 0.222. The second-order valence-electron chi connectivity index (χ2n) is 3.15. The zero-order valence-electron chi connectivity index (χ0n) is 8.57. The lowest BCUT2D eigenvalue weighted by Gasteiger charge is -2.05. The fourth-order valence-corrected chi connectivity index (χ4v) is 2.10. The average Bonchev–Trinajstić information content (AvgIpc) is 2.59. The van der Waals surface area contributed by atoms with Gasteiger partial charge in [-0.2, -0.15) is 4.98 Å². The van der Waals surface area contributed by atoms with Crippen molar-refractivity contribution in [2.75, 3.05) is 11.1 Å². The Labute approximate surface area is 102 Å². The largest absolute Gasteiger partial charge is 0.368 e. The van der Waals surface area contributed by atoms with Gasteiger partial charge in [-0.15, -0.1) is 11.3 Å². The number of thiazole rings is 1. The van der Waals surface area contributed by atoms with Gasteiger partial charge in [0.05, 0.1) is 17.7 Å².